The molecule has 41 heavy (non-hydrogen) atoms. The number of hydrogen-bond donors (Lipinski definition) is 1. The topological polar surface area (TPSA) is 80.3 Å². The number of hydrogen-bond acceptors (Lipinski definition) is 6. The van der Waals surface area contributed by atoms with Crippen LogP contribution < -0.4 is 14.8 Å². The Bertz CT molecular complexity index is 1260. The van der Waals surface area contributed by atoms with E-state index in [0.29, 0.717) is 55.8 Å². The molecule has 0 bridgehead atoms. The van der Waals surface area contributed by atoms with Crippen molar-refractivity contribution in [1.82, 2.24) is 9.80 Å². The van der Waals surface area contributed by atoms with Gasteiger partial charge in [-0.25, -0.2) is 4.79 Å². The largest absolute Gasteiger partial charge is 0.493 e. The van der Waals surface area contributed by atoms with Gasteiger partial charge in [-0.15, -0.1) is 11.3 Å². The molecule has 1 N–H and O–H groups in total. The zero-order valence-electron chi connectivity index (χ0n) is 24.4. The summed E-state index contributed by atoms with van der Waals surface area (Å²) in [6.45, 7) is 6.26. The Morgan fingerprint density at radius 2 is 1.83 bits per heavy atom. The molecule has 1 atom stereocenters. The van der Waals surface area contributed by atoms with Gasteiger partial charge in [-0.2, -0.15) is 0 Å². The monoisotopic (exact) mass is 579 g/mol. The third-order valence-electron chi connectivity index (χ3n) is 7.29. The smallest absolute Gasteiger partial charge is 0.322 e. The summed E-state index contributed by atoms with van der Waals surface area (Å²) in [4.78, 5) is 31.8. The molecular weight excluding hydrogens is 538 g/mol. The molecule has 1 aliphatic heterocycles. The number of thiophene rings is 1. The number of ether oxygens (including phenoxy) is 3. The zero-order valence-corrected chi connectivity index (χ0v) is 25.2. The molecule has 4 rings (SSSR count). The van der Waals surface area contributed by atoms with Crippen LogP contribution in [0.1, 0.15) is 48.6 Å². The first kappa shape index (κ1) is 30.4. The van der Waals surface area contributed by atoms with Gasteiger partial charge in [0.05, 0.1) is 26.9 Å². The lowest BCUT2D eigenvalue weighted by atomic mass is 10.0. The Hall–Kier alpha value is -3.56. The van der Waals surface area contributed by atoms with Gasteiger partial charge in [-0.3, -0.25) is 4.79 Å². The Kier molecular flexibility index (Phi) is 11.0. The molecule has 1 saturated heterocycles. The van der Waals surface area contributed by atoms with Crippen LogP contribution in [0.2, 0.25) is 0 Å². The molecule has 220 valence electrons. The first-order valence-corrected chi connectivity index (χ1v) is 15.0. The second-order valence-corrected chi connectivity index (χ2v) is 11.6. The highest BCUT2D eigenvalue weighted by Crippen LogP contribution is 2.28. The molecule has 3 aromatic rings. The average molecular weight is 580 g/mol. The van der Waals surface area contributed by atoms with Crippen molar-refractivity contribution in [2.45, 2.75) is 51.7 Å². The quantitative estimate of drug-likeness (QED) is 0.262. The van der Waals surface area contributed by atoms with Crippen molar-refractivity contribution in [1.29, 1.82) is 0 Å². The number of nitrogens with zero attached hydrogens (tertiary/aromatic N) is 2. The maximum atomic E-state index is 13.8. The van der Waals surface area contributed by atoms with Gasteiger partial charge >= 0.3 is 6.03 Å². The number of benzene rings is 2. The molecule has 1 aliphatic rings. The molecule has 2 aromatic carbocycles. The molecule has 2 heterocycles. The second kappa shape index (κ2) is 14.9. The highest BCUT2D eigenvalue weighted by Gasteiger charge is 2.27. The molecule has 0 spiro atoms. The molecule has 1 aromatic heterocycles. The van der Waals surface area contributed by atoms with Crippen LogP contribution in [0.25, 0.3) is 0 Å². The van der Waals surface area contributed by atoms with E-state index in [1.807, 2.05) is 64.9 Å². The maximum Gasteiger partial charge on any atom is 0.322 e. The first-order chi connectivity index (χ1) is 19.9. The molecule has 3 amide bonds. The van der Waals surface area contributed by atoms with Crippen molar-refractivity contribution in [3.05, 3.63) is 76.0 Å². The third-order valence-corrected chi connectivity index (χ3v) is 8.15. The number of nitrogens with one attached hydrogen (secondary N) is 1. The minimum atomic E-state index is -0.304. The highest BCUT2D eigenvalue weighted by molar-refractivity contribution is 7.09. The van der Waals surface area contributed by atoms with Crippen molar-refractivity contribution < 1.29 is 23.8 Å². The predicted molar refractivity (Wildman–Crippen MR) is 163 cm³/mol. The SMILES string of the molecule is COc1ccc(CCN(Cc2cccs2)C(=O)CN(CC2CCCO2)C(=O)Nc2ccc(C(C)C)cc2)cc1OC. The van der Waals surface area contributed by atoms with E-state index in [9.17, 15) is 9.59 Å². The zero-order chi connectivity index (χ0) is 29.2. The first-order valence-electron chi connectivity index (χ1n) is 14.1. The van der Waals surface area contributed by atoms with Gasteiger partial charge in [0.2, 0.25) is 5.91 Å². The van der Waals surface area contributed by atoms with Crippen LogP contribution in [0.4, 0.5) is 10.5 Å². The van der Waals surface area contributed by atoms with Crippen molar-refractivity contribution in [3.63, 3.8) is 0 Å². The molecule has 9 heteroatoms. The van der Waals surface area contributed by atoms with Crippen LogP contribution >= 0.6 is 11.3 Å². The lowest BCUT2D eigenvalue weighted by Crippen LogP contribution is -2.47. The lowest BCUT2D eigenvalue weighted by molar-refractivity contribution is -0.132. The number of rotatable bonds is 13. The van der Waals surface area contributed by atoms with Crippen LogP contribution in [0.3, 0.4) is 0 Å². The van der Waals surface area contributed by atoms with Crippen LogP contribution in [0.5, 0.6) is 11.5 Å². The van der Waals surface area contributed by atoms with Gasteiger partial charge in [-0.05, 0) is 72.0 Å². The summed E-state index contributed by atoms with van der Waals surface area (Å²) in [7, 11) is 3.22. The lowest BCUT2D eigenvalue weighted by Gasteiger charge is -2.29. The van der Waals surface area contributed by atoms with Crippen LogP contribution in [-0.2, 0) is 22.5 Å². The number of methoxy groups -OCH3 is 2. The van der Waals surface area contributed by atoms with E-state index < -0.39 is 0 Å². The molecule has 0 radical (unpaired) electrons. The Labute approximate surface area is 247 Å². The van der Waals surface area contributed by atoms with E-state index in [2.05, 4.69) is 19.2 Å². The van der Waals surface area contributed by atoms with Crippen LogP contribution in [0.15, 0.2) is 60.0 Å². The van der Waals surface area contributed by atoms with E-state index in [1.54, 1.807) is 30.5 Å². The summed E-state index contributed by atoms with van der Waals surface area (Å²) in [6.07, 6.45) is 2.40. The molecular formula is C32H41N3O5S. The average Bonchev–Trinajstić information content (AvgIpc) is 3.69. The number of urea groups is 1. The number of amides is 3. The number of carbonyl (C=O) groups is 2. The van der Waals surface area contributed by atoms with Gasteiger partial charge in [0.25, 0.3) is 0 Å². The van der Waals surface area contributed by atoms with Crippen LogP contribution in [0, 0.1) is 0 Å². The van der Waals surface area contributed by atoms with E-state index in [4.69, 9.17) is 14.2 Å². The summed E-state index contributed by atoms with van der Waals surface area (Å²) in [5, 5.41) is 5.00. The third kappa shape index (κ3) is 8.71. The predicted octanol–water partition coefficient (Wildman–Crippen LogP) is 6.17. The fourth-order valence-electron chi connectivity index (χ4n) is 4.85. The van der Waals surface area contributed by atoms with Crippen molar-refractivity contribution in [2.24, 2.45) is 0 Å². The van der Waals surface area contributed by atoms with Crippen LogP contribution in [-0.4, -0.2) is 68.3 Å². The standard InChI is InChI=1S/C32H41N3O5S/c1-23(2)25-10-12-26(13-11-25)33-32(37)35(20-27-7-5-17-40-27)22-31(36)34(21-28-8-6-18-41-28)16-15-24-9-14-29(38-3)30(19-24)39-4/h6,8-14,18-19,23,27H,5,7,15-17,20-22H2,1-4H3,(H,33,37). The van der Waals surface area contributed by atoms with Gasteiger partial charge in [-0.1, -0.05) is 38.1 Å². The second-order valence-electron chi connectivity index (χ2n) is 10.6. The summed E-state index contributed by atoms with van der Waals surface area (Å²) < 4.78 is 16.7. The molecule has 1 unspecified atom stereocenters. The minimum absolute atomic E-state index is 0.0346. The van der Waals surface area contributed by atoms with E-state index >= 15 is 0 Å². The van der Waals surface area contributed by atoms with Gasteiger partial charge in [0.1, 0.15) is 6.54 Å². The normalized spacial score (nSPS) is 14.6. The molecule has 8 nitrogen and oxygen atoms in total. The van der Waals surface area contributed by atoms with Crippen molar-refractivity contribution in [3.8, 4) is 11.5 Å². The summed E-state index contributed by atoms with van der Waals surface area (Å²) in [5.74, 6) is 1.61. The van der Waals surface area contributed by atoms with E-state index in [-0.39, 0.29) is 24.6 Å². The van der Waals surface area contributed by atoms with Gasteiger partial charge < -0.3 is 29.3 Å². The fraction of sp³-hybridized carbons (Fsp3) is 0.438. The Balaban J connectivity index is 1.48. The Morgan fingerprint density at radius 3 is 2.46 bits per heavy atom. The van der Waals surface area contributed by atoms with Gasteiger partial charge in [0.15, 0.2) is 11.5 Å². The molecule has 0 aliphatic carbocycles. The minimum Gasteiger partial charge on any atom is -0.493 e. The summed E-state index contributed by atoms with van der Waals surface area (Å²) in [6, 6.07) is 17.4. The van der Waals surface area contributed by atoms with E-state index in [0.717, 1.165) is 23.3 Å². The Morgan fingerprint density at radius 1 is 1.05 bits per heavy atom. The number of anilines is 1. The maximum absolute atomic E-state index is 13.8. The molecule has 1 fully saturated rings. The molecule has 0 saturated carbocycles. The fourth-order valence-corrected chi connectivity index (χ4v) is 5.57. The summed E-state index contributed by atoms with van der Waals surface area (Å²) >= 11 is 1.61. The van der Waals surface area contributed by atoms with E-state index in [1.165, 1.54) is 5.56 Å². The highest BCUT2D eigenvalue weighted by atomic mass is 32.1. The van der Waals surface area contributed by atoms with Crippen molar-refractivity contribution >= 4 is 29.0 Å². The van der Waals surface area contributed by atoms with Gasteiger partial charge in [0, 0.05) is 30.3 Å². The summed E-state index contributed by atoms with van der Waals surface area (Å²) in [5.41, 5.74) is 2.94. The van der Waals surface area contributed by atoms with Crippen molar-refractivity contribution in [2.75, 3.05) is 45.8 Å². The number of carbonyl (C=O) groups excluding carboxylic acids is 2.